The molecule has 0 spiro atoms. The molecule has 28 heavy (non-hydrogen) atoms. The van der Waals surface area contributed by atoms with Crippen molar-refractivity contribution in [1.82, 2.24) is 15.6 Å². The van der Waals surface area contributed by atoms with Crippen LogP contribution in [0.5, 0.6) is 0 Å². The first-order valence-electron chi connectivity index (χ1n) is 9.98. The normalized spacial score (nSPS) is 16.7. The van der Waals surface area contributed by atoms with Crippen LogP contribution in [0.15, 0.2) is 46.0 Å². The lowest BCUT2D eigenvalue weighted by atomic mass is 9.99. The highest BCUT2D eigenvalue weighted by molar-refractivity contribution is 8.00. The fourth-order valence-corrected chi connectivity index (χ4v) is 4.50. The van der Waals surface area contributed by atoms with Crippen LogP contribution in [-0.2, 0) is 11.3 Å². The molecule has 3 rings (SSSR count). The molecule has 0 radical (unpaired) electrons. The number of rotatable bonds is 8. The molecule has 0 saturated carbocycles. The molecular weight excluding hydrogens is 372 g/mol. The number of ether oxygens (including phenoxy) is 1. The number of nitrogens with one attached hydrogen (secondary N) is 2. The summed E-state index contributed by atoms with van der Waals surface area (Å²) in [5.41, 5.74) is 1.79. The maximum Gasteiger partial charge on any atom is 0.226 e. The molecule has 7 heteroatoms. The Hall–Kier alpha value is -1.99. The molecule has 152 valence electrons. The van der Waals surface area contributed by atoms with Crippen LogP contribution in [0.4, 0.5) is 0 Å². The summed E-state index contributed by atoms with van der Waals surface area (Å²) >= 11 is 2.02. The highest BCUT2D eigenvalue weighted by atomic mass is 32.2. The predicted octanol–water partition coefficient (Wildman–Crippen LogP) is 3.70. The van der Waals surface area contributed by atoms with Crippen LogP contribution < -0.4 is 10.6 Å². The van der Waals surface area contributed by atoms with Crippen molar-refractivity contribution in [2.45, 2.75) is 38.0 Å². The number of oxazole rings is 1. The van der Waals surface area contributed by atoms with Crippen molar-refractivity contribution in [3.8, 4) is 11.5 Å². The van der Waals surface area contributed by atoms with Gasteiger partial charge in [-0.3, -0.25) is 0 Å². The minimum Gasteiger partial charge on any atom is -0.444 e. The summed E-state index contributed by atoms with van der Waals surface area (Å²) in [5, 5.41) is 6.86. The maximum absolute atomic E-state index is 5.61. The van der Waals surface area contributed by atoms with Crippen molar-refractivity contribution < 1.29 is 9.15 Å². The summed E-state index contributed by atoms with van der Waals surface area (Å²) in [6.45, 7) is 8.14. The molecule has 1 saturated heterocycles. The second-order valence-corrected chi connectivity index (χ2v) is 8.52. The summed E-state index contributed by atoms with van der Waals surface area (Å²) in [6, 6.07) is 9.91. The molecule has 2 heterocycles. The fraction of sp³-hybridized carbons (Fsp3) is 0.524. The molecule has 2 N–H and O–H groups in total. The van der Waals surface area contributed by atoms with Crippen molar-refractivity contribution in [3.63, 3.8) is 0 Å². The molecule has 0 unspecified atom stereocenters. The van der Waals surface area contributed by atoms with E-state index in [1.54, 1.807) is 6.26 Å². The number of nitrogens with zero attached hydrogens (tertiary/aromatic N) is 2. The van der Waals surface area contributed by atoms with E-state index >= 15 is 0 Å². The van der Waals surface area contributed by atoms with Gasteiger partial charge in [-0.05, 0) is 37.7 Å². The molecule has 1 fully saturated rings. The highest BCUT2D eigenvalue weighted by Gasteiger charge is 2.32. The summed E-state index contributed by atoms with van der Waals surface area (Å²) in [6.07, 6.45) is 3.82. The Morgan fingerprint density at radius 2 is 1.96 bits per heavy atom. The number of hydrogen-bond donors (Lipinski definition) is 2. The molecular formula is C21H30N4O2S. The molecule has 0 atom stereocenters. The average molecular weight is 403 g/mol. The lowest BCUT2D eigenvalue weighted by molar-refractivity contribution is 0.0782. The third kappa shape index (κ3) is 5.75. The Labute approximate surface area is 171 Å². The number of aliphatic imine (C=N–C) groups is 1. The number of benzene rings is 1. The zero-order chi connectivity index (χ0) is 19.7. The second kappa shape index (κ2) is 10.5. The number of guanidine groups is 1. The van der Waals surface area contributed by atoms with E-state index in [2.05, 4.69) is 29.5 Å². The van der Waals surface area contributed by atoms with Gasteiger partial charge < -0.3 is 19.8 Å². The van der Waals surface area contributed by atoms with Gasteiger partial charge in [0.1, 0.15) is 12.0 Å². The van der Waals surface area contributed by atoms with E-state index in [1.165, 1.54) is 0 Å². The quantitative estimate of drug-likeness (QED) is 0.518. The first kappa shape index (κ1) is 20.7. The van der Waals surface area contributed by atoms with Gasteiger partial charge >= 0.3 is 0 Å². The van der Waals surface area contributed by atoms with Crippen molar-refractivity contribution in [1.29, 1.82) is 0 Å². The first-order valence-corrected chi connectivity index (χ1v) is 11.0. The predicted molar refractivity (Wildman–Crippen MR) is 116 cm³/mol. The standard InChI is InChI=1S/C21H30N4O2S/c1-3-22-20(24-16-21(28-4-2)10-12-26-13-11-21)23-14-18-15-27-19(25-18)17-8-6-5-7-9-17/h5-9,15H,3-4,10-14,16H2,1-2H3,(H2,22,23,24). The monoisotopic (exact) mass is 402 g/mol. The van der Waals surface area contributed by atoms with E-state index in [0.29, 0.717) is 12.4 Å². The van der Waals surface area contributed by atoms with Crippen LogP contribution in [0.1, 0.15) is 32.4 Å². The minimum absolute atomic E-state index is 0.220. The van der Waals surface area contributed by atoms with Gasteiger partial charge in [0.05, 0.1) is 6.54 Å². The van der Waals surface area contributed by atoms with Crippen LogP contribution in [-0.4, -0.2) is 47.7 Å². The largest absolute Gasteiger partial charge is 0.444 e. The molecule has 1 aromatic heterocycles. The third-order valence-corrected chi connectivity index (χ3v) is 6.20. The zero-order valence-corrected chi connectivity index (χ0v) is 17.6. The Balaban J connectivity index is 1.61. The van der Waals surface area contributed by atoms with E-state index in [-0.39, 0.29) is 4.75 Å². The van der Waals surface area contributed by atoms with Crippen LogP contribution in [0.3, 0.4) is 0 Å². The minimum atomic E-state index is 0.220. The van der Waals surface area contributed by atoms with E-state index in [1.807, 2.05) is 42.1 Å². The van der Waals surface area contributed by atoms with Gasteiger partial charge in [0.25, 0.3) is 0 Å². The molecule has 6 nitrogen and oxygen atoms in total. The highest BCUT2D eigenvalue weighted by Crippen LogP contribution is 2.34. The summed E-state index contributed by atoms with van der Waals surface area (Å²) < 4.78 is 11.4. The first-order chi connectivity index (χ1) is 13.7. The van der Waals surface area contributed by atoms with E-state index in [4.69, 9.17) is 14.1 Å². The van der Waals surface area contributed by atoms with Crippen molar-refractivity contribution >= 4 is 17.7 Å². The topological polar surface area (TPSA) is 71.7 Å². The smallest absolute Gasteiger partial charge is 0.226 e. The lowest BCUT2D eigenvalue weighted by Crippen LogP contribution is -2.48. The molecule has 1 aromatic carbocycles. The van der Waals surface area contributed by atoms with Gasteiger partial charge in [-0.1, -0.05) is 25.1 Å². The Morgan fingerprint density at radius 3 is 2.68 bits per heavy atom. The SMILES string of the molecule is CCNC(=NCc1coc(-c2ccccc2)n1)NCC1(SCC)CCOCC1. The third-order valence-electron chi connectivity index (χ3n) is 4.75. The fourth-order valence-electron chi connectivity index (χ4n) is 3.26. The Bertz CT molecular complexity index is 736. The lowest BCUT2D eigenvalue weighted by Gasteiger charge is -2.37. The van der Waals surface area contributed by atoms with Crippen molar-refractivity contribution in [3.05, 3.63) is 42.3 Å². The van der Waals surface area contributed by atoms with Crippen LogP contribution >= 0.6 is 11.8 Å². The van der Waals surface area contributed by atoms with Crippen molar-refractivity contribution in [2.24, 2.45) is 4.99 Å². The molecule has 0 aliphatic carbocycles. The van der Waals surface area contributed by atoms with E-state index < -0.39 is 0 Å². The molecule has 1 aliphatic rings. The molecule has 2 aromatic rings. The Morgan fingerprint density at radius 1 is 1.18 bits per heavy atom. The Kier molecular flexibility index (Phi) is 7.80. The summed E-state index contributed by atoms with van der Waals surface area (Å²) in [7, 11) is 0. The van der Waals surface area contributed by atoms with Gasteiger partial charge in [-0.2, -0.15) is 11.8 Å². The number of hydrogen-bond acceptors (Lipinski definition) is 5. The van der Waals surface area contributed by atoms with Crippen LogP contribution in [0.2, 0.25) is 0 Å². The van der Waals surface area contributed by atoms with Gasteiger partial charge in [-0.25, -0.2) is 9.98 Å². The molecule has 0 amide bonds. The van der Waals surface area contributed by atoms with E-state index in [9.17, 15) is 0 Å². The second-order valence-electron chi connectivity index (χ2n) is 6.79. The number of thioether (sulfide) groups is 1. The summed E-state index contributed by atoms with van der Waals surface area (Å²) in [4.78, 5) is 9.25. The van der Waals surface area contributed by atoms with E-state index in [0.717, 1.165) is 62.1 Å². The number of aromatic nitrogens is 1. The van der Waals surface area contributed by atoms with Gasteiger partial charge in [-0.15, -0.1) is 0 Å². The molecule has 0 bridgehead atoms. The average Bonchev–Trinajstić information content (AvgIpc) is 3.21. The summed E-state index contributed by atoms with van der Waals surface area (Å²) in [5.74, 6) is 2.55. The van der Waals surface area contributed by atoms with Gasteiger partial charge in [0.15, 0.2) is 5.96 Å². The van der Waals surface area contributed by atoms with Gasteiger partial charge in [0.2, 0.25) is 5.89 Å². The maximum atomic E-state index is 5.61. The van der Waals surface area contributed by atoms with Crippen LogP contribution in [0.25, 0.3) is 11.5 Å². The van der Waals surface area contributed by atoms with Gasteiger partial charge in [0, 0.05) is 36.6 Å². The molecule has 1 aliphatic heterocycles. The zero-order valence-electron chi connectivity index (χ0n) is 16.7. The van der Waals surface area contributed by atoms with Crippen molar-refractivity contribution in [2.75, 3.05) is 32.1 Å². The van der Waals surface area contributed by atoms with Crippen LogP contribution in [0, 0.1) is 0 Å².